The maximum atomic E-state index is 12.1. The van der Waals surface area contributed by atoms with Gasteiger partial charge in [0.15, 0.2) is 0 Å². The number of benzene rings is 1. The average Bonchev–Trinajstić information content (AvgIpc) is 2.80. The molecule has 3 nitrogen and oxygen atoms in total. The Labute approximate surface area is 111 Å². The van der Waals surface area contributed by atoms with Gasteiger partial charge in [0, 0.05) is 11.0 Å². The fourth-order valence-electron chi connectivity index (χ4n) is 2.18. The van der Waals surface area contributed by atoms with Crippen LogP contribution in [0.25, 0.3) is 0 Å². The fraction of sp³-hybridized carbons (Fsp3) is 0.500. The SMILES string of the molecule is O=S(=O)(NCC1CCCC1)c1ccccc1Br. The molecule has 0 unspecified atom stereocenters. The topological polar surface area (TPSA) is 46.2 Å². The fourth-order valence-corrected chi connectivity index (χ4v) is 4.30. The van der Waals surface area contributed by atoms with Gasteiger partial charge in [0.1, 0.15) is 0 Å². The lowest BCUT2D eigenvalue weighted by Crippen LogP contribution is -2.28. The Morgan fingerprint density at radius 1 is 1.24 bits per heavy atom. The van der Waals surface area contributed by atoms with Crippen LogP contribution >= 0.6 is 15.9 Å². The van der Waals surface area contributed by atoms with Crippen LogP contribution in [0, 0.1) is 5.92 Å². The van der Waals surface area contributed by atoms with Gasteiger partial charge >= 0.3 is 0 Å². The first-order valence-corrected chi connectivity index (χ1v) is 8.11. The predicted octanol–water partition coefficient (Wildman–Crippen LogP) is 2.92. The molecule has 94 valence electrons. The highest BCUT2D eigenvalue weighted by Crippen LogP contribution is 2.25. The Kier molecular flexibility index (Phi) is 4.22. The van der Waals surface area contributed by atoms with Crippen LogP contribution < -0.4 is 4.72 Å². The van der Waals surface area contributed by atoms with Crippen LogP contribution in [0.3, 0.4) is 0 Å². The molecule has 0 saturated heterocycles. The minimum absolute atomic E-state index is 0.318. The Morgan fingerprint density at radius 2 is 1.88 bits per heavy atom. The summed E-state index contributed by atoms with van der Waals surface area (Å²) < 4.78 is 27.4. The minimum atomic E-state index is -3.38. The highest BCUT2D eigenvalue weighted by molar-refractivity contribution is 9.10. The Bertz CT molecular complexity index is 481. The number of halogens is 1. The molecule has 0 aromatic heterocycles. The summed E-state index contributed by atoms with van der Waals surface area (Å²) in [5.74, 6) is 0.507. The molecule has 2 rings (SSSR count). The van der Waals surface area contributed by atoms with Crippen molar-refractivity contribution in [3.8, 4) is 0 Å². The van der Waals surface area contributed by atoms with Crippen molar-refractivity contribution in [3.05, 3.63) is 28.7 Å². The zero-order valence-electron chi connectivity index (χ0n) is 9.52. The Morgan fingerprint density at radius 3 is 2.53 bits per heavy atom. The summed E-state index contributed by atoms with van der Waals surface area (Å²) in [6.45, 7) is 0.559. The van der Waals surface area contributed by atoms with Crippen molar-refractivity contribution in [2.24, 2.45) is 5.92 Å². The molecular weight excluding hydrogens is 302 g/mol. The molecule has 1 aliphatic rings. The van der Waals surface area contributed by atoms with E-state index in [2.05, 4.69) is 20.7 Å². The van der Waals surface area contributed by atoms with Gasteiger partial charge in [-0.2, -0.15) is 0 Å². The summed E-state index contributed by atoms with van der Waals surface area (Å²) in [6.07, 6.45) is 4.72. The van der Waals surface area contributed by atoms with Crippen molar-refractivity contribution in [1.82, 2.24) is 4.72 Å². The zero-order valence-corrected chi connectivity index (χ0v) is 11.9. The number of rotatable bonds is 4. The van der Waals surface area contributed by atoms with E-state index in [1.807, 2.05) is 0 Å². The monoisotopic (exact) mass is 317 g/mol. The van der Waals surface area contributed by atoms with Gasteiger partial charge in [-0.25, -0.2) is 13.1 Å². The maximum absolute atomic E-state index is 12.1. The molecule has 1 fully saturated rings. The lowest BCUT2D eigenvalue weighted by molar-refractivity contribution is 0.519. The van der Waals surface area contributed by atoms with Crippen LogP contribution in [0.5, 0.6) is 0 Å². The van der Waals surface area contributed by atoms with E-state index in [9.17, 15) is 8.42 Å². The summed E-state index contributed by atoms with van der Waals surface area (Å²) in [4.78, 5) is 0.318. The molecular formula is C12H16BrNO2S. The average molecular weight is 318 g/mol. The van der Waals surface area contributed by atoms with E-state index in [1.165, 1.54) is 12.8 Å². The van der Waals surface area contributed by atoms with Crippen LogP contribution in [0.2, 0.25) is 0 Å². The van der Waals surface area contributed by atoms with Gasteiger partial charge in [-0.05, 0) is 46.8 Å². The second-order valence-corrected chi connectivity index (χ2v) is 7.02. The van der Waals surface area contributed by atoms with E-state index in [1.54, 1.807) is 24.3 Å². The summed E-state index contributed by atoms with van der Waals surface area (Å²) in [6, 6.07) is 6.89. The van der Waals surface area contributed by atoms with Crippen LogP contribution in [0.1, 0.15) is 25.7 Å². The molecule has 1 saturated carbocycles. The van der Waals surface area contributed by atoms with Gasteiger partial charge in [-0.1, -0.05) is 25.0 Å². The Balaban J connectivity index is 2.06. The van der Waals surface area contributed by atoms with E-state index in [-0.39, 0.29) is 0 Å². The molecule has 0 spiro atoms. The van der Waals surface area contributed by atoms with Gasteiger partial charge < -0.3 is 0 Å². The molecule has 0 radical (unpaired) electrons. The van der Waals surface area contributed by atoms with Crippen molar-refractivity contribution >= 4 is 26.0 Å². The van der Waals surface area contributed by atoms with Crippen molar-refractivity contribution in [2.45, 2.75) is 30.6 Å². The number of nitrogens with one attached hydrogen (secondary N) is 1. The number of hydrogen-bond acceptors (Lipinski definition) is 2. The molecule has 1 aromatic rings. The number of hydrogen-bond donors (Lipinski definition) is 1. The van der Waals surface area contributed by atoms with E-state index >= 15 is 0 Å². The molecule has 0 atom stereocenters. The first-order valence-electron chi connectivity index (χ1n) is 5.84. The summed E-state index contributed by atoms with van der Waals surface area (Å²) >= 11 is 3.27. The third kappa shape index (κ3) is 3.30. The van der Waals surface area contributed by atoms with Crippen LogP contribution in [-0.4, -0.2) is 15.0 Å². The second-order valence-electron chi connectivity index (χ2n) is 4.43. The standard InChI is InChI=1S/C12H16BrNO2S/c13-11-7-3-4-8-12(11)17(15,16)14-9-10-5-1-2-6-10/h3-4,7-8,10,14H,1-2,5-6,9H2. The quantitative estimate of drug-likeness (QED) is 0.928. The summed E-state index contributed by atoms with van der Waals surface area (Å²) in [5, 5.41) is 0. The normalized spacial score (nSPS) is 17.5. The lowest BCUT2D eigenvalue weighted by atomic mass is 10.1. The minimum Gasteiger partial charge on any atom is -0.211 e. The molecule has 1 aliphatic carbocycles. The van der Waals surface area contributed by atoms with Crippen molar-refractivity contribution in [2.75, 3.05) is 6.54 Å². The highest BCUT2D eigenvalue weighted by atomic mass is 79.9. The molecule has 0 heterocycles. The van der Waals surface area contributed by atoms with Crippen LogP contribution in [0.15, 0.2) is 33.6 Å². The van der Waals surface area contributed by atoms with Gasteiger partial charge in [0.05, 0.1) is 4.90 Å². The van der Waals surface area contributed by atoms with E-state index in [4.69, 9.17) is 0 Å². The van der Waals surface area contributed by atoms with Gasteiger partial charge in [-0.3, -0.25) is 0 Å². The molecule has 0 amide bonds. The molecule has 5 heteroatoms. The van der Waals surface area contributed by atoms with Gasteiger partial charge in [-0.15, -0.1) is 0 Å². The molecule has 1 aromatic carbocycles. The smallest absolute Gasteiger partial charge is 0.211 e. The Hall–Kier alpha value is -0.390. The third-order valence-electron chi connectivity index (χ3n) is 3.16. The second kappa shape index (κ2) is 5.50. The van der Waals surface area contributed by atoms with Gasteiger partial charge in [0.25, 0.3) is 0 Å². The number of sulfonamides is 1. The summed E-state index contributed by atoms with van der Waals surface area (Å²) in [7, 11) is -3.38. The van der Waals surface area contributed by atoms with Crippen molar-refractivity contribution in [1.29, 1.82) is 0 Å². The van der Waals surface area contributed by atoms with Crippen molar-refractivity contribution < 1.29 is 8.42 Å². The van der Waals surface area contributed by atoms with E-state index in [0.29, 0.717) is 21.8 Å². The molecule has 0 aliphatic heterocycles. The molecule has 1 N–H and O–H groups in total. The highest BCUT2D eigenvalue weighted by Gasteiger charge is 2.20. The molecule has 0 bridgehead atoms. The first-order chi connectivity index (χ1) is 8.09. The van der Waals surface area contributed by atoms with E-state index in [0.717, 1.165) is 12.8 Å². The predicted molar refractivity (Wildman–Crippen MR) is 71.3 cm³/mol. The molecule has 17 heavy (non-hydrogen) atoms. The lowest BCUT2D eigenvalue weighted by Gasteiger charge is -2.12. The van der Waals surface area contributed by atoms with Crippen LogP contribution in [0.4, 0.5) is 0 Å². The maximum Gasteiger partial charge on any atom is 0.241 e. The zero-order chi connectivity index (χ0) is 12.3. The first kappa shape index (κ1) is 13.1. The van der Waals surface area contributed by atoms with Crippen LogP contribution in [-0.2, 0) is 10.0 Å². The van der Waals surface area contributed by atoms with E-state index < -0.39 is 10.0 Å². The summed E-state index contributed by atoms with van der Waals surface area (Å²) in [5.41, 5.74) is 0. The van der Waals surface area contributed by atoms with Gasteiger partial charge in [0.2, 0.25) is 10.0 Å². The third-order valence-corrected chi connectivity index (χ3v) is 5.60. The van der Waals surface area contributed by atoms with Crippen molar-refractivity contribution in [3.63, 3.8) is 0 Å². The largest absolute Gasteiger partial charge is 0.241 e.